The Morgan fingerprint density at radius 3 is 2.27 bits per heavy atom. The van der Waals surface area contributed by atoms with Gasteiger partial charge in [0.15, 0.2) is 0 Å². The van der Waals surface area contributed by atoms with E-state index in [0.29, 0.717) is 5.92 Å². The number of piperidine rings is 3. The number of primary amides is 1. The van der Waals surface area contributed by atoms with Crippen LogP contribution < -0.4 is 5.73 Å². The number of hydrogen-bond donors (Lipinski definition) is 1. The van der Waals surface area contributed by atoms with Gasteiger partial charge in [-0.2, -0.15) is 0 Å². The molecule has 2 bridgehead atoms. The van der Waals surface area contributed by atoms with Crippen LogP contribution in [0.4, 0.5) is 0 Å². The number of nitrogens with two attached hydrogens (primary N) is 1. The SMILES string of the molecule is NC(=O)[C@@H]1CN2CCC1CC2. The fourth-order valence-electron chi connectivity index (χ4n) is 2.29. The molecule has 0 aromatic carbocycles. The van der Waals surface area contributed by atoms with Gasteiger partial charge in [0.2, 0.25) is 5.91 Å². The molecule has 1 atom stereocenters. The monoisotopic (exact) mass is 154 g/mol. The van der Waals surface area contributed by atoms with Gasteiger partial charge in [0, 0.05) is 6.54 Å². The van der Waals surface area contributed by atoms with E-state index in [1.54, 1.807) is 0 Å². The molecular weight excluding hydrogens is 140 g/mol. The van der Waals surface area contributed by atoms with Gasteiger partial charge < -0.3 is 10.6 Å². The maximum atomic E-state index is 10.9. The number of carbonyl (C=O) groups excluding carboxylic acids is 1. The highest BCUT2D eigenvalue weighted by molar-refractivity contribution is 5.77. The summed E-state index contributed by atoms with van der Waals surface area (Å²) < 4.78 is 0. The Labute approximate surface area is 66.5 Å². The molecule has 3 rings (SSSR count). The molecule has 1 amide bonds. The van der Waals surface area contributed by atoms with Gasteiger partial charge in [0.25, 0.3) is 0 Å². The number of fused-ring (bicyclic) bond motifs is 3. The molecule has 3 aliphatic rings. The van der Waals surface area contributed by atoms with Crippen molar-refractivity contribution in [2.45, 2.75) is 12.8 Å². The number of hydrogen-bond acceptors (Lipinski definition) is 2. The minimum absolute atomic E-state index is 0.0978. The van der Waals surface area contributed by atoms with Crippen LogP contribution in [0.25, 0.3) is 0 Å². The van der Waals surface area contributed by atoms with Gasteiger partial charge in [-0.05, 0) is 31.8 Å². The molecule has 11 heavy (non-hydrogen) atoms. The third-order valence-electron chi connectivity index (χ3n) is 3.02. The lowest BCUT2D eigenvalue weighted by Gasteiger charge is -2.43. The fourth-order valence-corrected chi connectivity index (χ4v) is 2.29. The topological polar surface area (TPSA) is 46.3 Å². The third-order valence-corrected chi connectivity index (χ3v) is 3.02. The van der Waals surface area contributed by atoms with Crippen molar-refractivity contribution in [2.24, 2.45) is 17.6 Å². The summed E-state index contributed by atoms with van der Waals surface area (Å²) in [6.45, 7) is 3.27. The summed E-state index contributed by atoms with van der Waals surface area (Å²) in [4.78, 5) is 13.3. The van der Waals surface area contributed by atoms with Gasteiger partial charge in [0.05, 0.1) is 5.92 Å². The Balaban J connectivity index is 2.08. The molecule has 62 valence electrons. The lowest BCUT2D eigenvalue weighted by Crippen LogP contribution is -2.51. The zero-order valence-corrected chi connectivity index (χ0v) is 6.62. The van der Waals surface area contributed by atoms with Gasteiger partial charge in [-0.3, -0.25) is 4.79 Å². The molecule has 0 saturated carbocycles. The van der Waals surface area contributed by atoms with Gasteiger partial charge in [-0.1, -0.05) is 0 Å². The first kappa shape index (κ1) is 7.10. The zero-order chi connectivity index (χ0) is 7.84. The summed E-state index contributed by atoms with van der Waals surface area (Å²) >= 11 is 0. The minimum Gasteiger partial charge on any atom is -0.369 e. The summed E-state index contributed by atoms with van der Waals surface area (Å²) in [7, 11) is 0. The smallest absolute Gasteiger partial charge is 0.222 e. The van der Waals surface area contributed by atoms with Crippen LogP contribution in [-0.2, 0) is 4.79 Å². The summed E-state index contributed by atoms with van der Waals surface area (Å²) in [5.41, 5.74) is 5.29. The Morgan fingerprint density at radius 2 is 2.00 bits per heavy atom. The van der Waals surface area contributed by atoms with Crippen molar-refractivity contribution >= 4 is 5.91 Å². The second-order valence-electron chi connectivity index (χ2n) is 3.65. The van der Waals surface area contributed by atoms with Crippen molar-refractivity contribution in [1.82, 2.24) is 4.90 Å². The number of amides is 1. The second-order valence-corrected chi connectivity index (χ2v) is 3.65. The van der Waals surface area contributed by atoms with Crippen molar-refractivity contribution in [3.05, 3.63) is 0 Å². The van der Waals surface area contributed by atoms with Crippen LogP contribution in [0.1, 0.15) is 12.8 Å². The molecule has 0 radical (unpaired) electrons. The largest absolute Gasteiger partial charge is 0.369 e. The van der Waals surface area contributed by atoms with E-state index in [1.165, 1.54) is 25.9 Å². The summed E-state index contributed by atoms with van der Waals surface area (Å²) in [6, 6.07) is 0. The molecule has 0 aromatic heterocycles. The quantitative estimate of drug-likeness (QED) is 0.569. The Hall–Kier alpha value is -0.570. The Bertz CT molecular complexity index is 173. The van der Waals surface area contributed by atoms with Gasteiger partial charge in [-0.15, -0.1) is 0 Å². The highest BCUT2D eigenvalue weighted by Gasteiger charge is 2.36. The van der Waals surface area contributed by atoms with Crippen LogP contribution in [0.5, 0.6) is 0 Å². The van der Waals surface area contributed by atoms with Crippen molar-refractivity contribution < 1.29 is 4.79 Å². The minimum atomic E-state index is -0.0978. The third kappa shape index (κ3) is 1.13. The van der Waals surface area contributed by atoms with Crippen LogP contribution in [0.3, 0.4) is 0 Å². The van der Waals surface area contributed by atoms with Crippen molar-refractivity contribution in [3.8, 4) is 0 Å². The predicted octanol–water partition coefficient (Wildman–Crippen LogP) is -0.187. The van der Waals surface area contributed by atoms with Gasteiger partial charge in [-0.25, -0.2) is 0 Å². The van der Waals surface area contributed by atoms with E-state index >= 15 is 0 Å². The highest BCUT2D eigenvalue weighted by Crippen LogP contribution is 2.31. The van der Waals surface area contributed by atoms with Crippen LogP contribution in [0.2, 0.25) is 0 Å². The van der Waals surface area contributed by atoms with Gasteiger partial charge in [0.1, 0.15) is 0 Å². The lowest BCUT2D eigenvalue weighted by molar-refractivity contribution is -0.127. The number of rotatable bonds is 1. The van der Waals surface area contributed by atoms with Crippen molar-refractivity contribution in [1.29, 1.82) is 0 Å². The average Bonchev–Trinajstić information content (AvgIpc) is 2.06. The highest BCUT2D eigenvalue weighted by atomic mass is 16.1. The lowest BCUT2D eigenvalue weighted by atomic mass is 9.79. The molecule has 0 spiro atoms. The summed E-state index contributed by atoms with van der Waals surface area (Å²) in [6.07, 6.45) is 2.35. The molecule has 3 heteroatoms. The molecule has 3 heterocycles. The average molecular weight is 154 g/mol. The van der Waals surface area contributed by atoms with E-state index < -0.39 is 0 Å². The summed E-state index contributed by atoms with van der Waals surface area (Å²) in [5.74, 6) is 0.648. The van der Waals surface area contributed by atoms with E-state index in [4.69, 9.17) is 5.73 Å². The van der Waals surface area contributed by atoms with Crippen molar-refractivity contribution in [2.75, 3.05) is 19.6 Å². The standard InChI is InChI=1S/C8H14N2O/c9-8(11)7-5-10-3-1-6(7)2-4-10/h6-7H,1-5H2,(H2,9,11)/t7-/m1/s1. The number of carbonyl (C=O) groups is 1. The van der Waals surface area contributed by atoms with Crippen LogP contribution >= 0.6 is 0 Å². The summed E-state index contributed by atoms with van der Waals surface area (Å²) in [5, 5.41) is 0. The van der Waals surface area contributed by atoms with Crippen LogP contribution in [-0.4, -0.2) is 30.4 Å². The van der Waals surface area contributed by atoms with Crippen molar-refractivity contribution in [3.63, 3.8) is 0 Å². The van der Waals surface area contributed by atoms with E-state index in [9.17, 15) is 4.79 Å². The van der Waals surface area contributed by atoms with Gasteiger partial charge >= 0.3 is 0 Å². The predicted molar refractivity (Wildman–Crippen MR) is 41.8 cm³/mol. The Morgan fingerprint density at radius 1 is 1.36 bits per heavy atom. The number of nitrogens with zero attached hydrogens (tertiary/aromatic N) is 1. The maximum Gasteiger partial charge on any atom is 0.222 e. The van der Waals surface area contributed by atoms with Crippen LogP contribution in [0, 0.1) is 11.8 Å². The van der Waals surface area contributed by atoms with E-state index in [2.05, 4.69) is 4.90 Å². The van der Waals surface area contributed by atoms with Crippen LogP contribution in [0.15, 0.2) is 0 Å². The van der Waals surface area contributed by atoms with E-state index in [-0.39, 0.29) is 11.8 Å². The first-order chi connectivity index (χ1) is 5.27. The first-order valence-electron chi connectivity index (χ1n) is 4.29. The molecular formula is C8H14N2O. The first-order valence-corrected chi connectivity index (χ1v) is 4.29. The van der Waals surface area contributed by atoms with E-state index in [1.807, 2.05) is 0 Å². The normalized spacial score (nSPS) is 42.4. The van der Waals surface area contributed by atoms with E-state index in [0.717, 1.165) is 6.54 Å². The zero-order valence-electron chi connectivity index (χ0n) is 6.62. The molecule has 0 aromatic rings. The molecule has 3 fully saturated rings. The molecule has 2 N–H and O–H groups in total. The molecule has 0 aliphatic carbocycles. The molecule has 3 aliphatic heterocycles. The Kier molecular flexibility index (Phi) is 1.60. The second kappa shape index (κ2) is 2.48. The molecule has 3 nitrogen and oxygen atoms in total. The fraction of sp³-hybridized carbons (Fsp3) is 0.875. The molecule has 3 saturated heterocycles. The molecule has 0 unspecified atom stereocenters. The maximum absolute atomic E-state index is 10.9.